The molecule has 0 radical (unpaired) electrons. The van der Waals surface area contributed by atoms with Gasteiger partial charge in [0.2, 0.25) is 0 Å². The van der Waals surface area contributed by atoms with Gasteiger partial charge in [0, 0.05) is 19.6 Å². The van der Waals surface area contributed by atoms with E-state index in [1.807, 2.05) is 38.1 Å². The largest absolute Gasteiger partial charge is 0.492 e. The molecule has 2 unspecified atom stereocenters. The van der Waals surface area contributed by atoms with Crippen molar-refractivity contribution >= 4 is 0 Å². The molecule has 1 saturated heterocycles. The highest BCUT2D eigenvalue weighted by molar-refractivity contribution is 5.31. The van der Waals surface area contributed by atoms with E-state index in [0.717, 1.165) is 30.9 Å². The van der Waals surface area contributed by atoms with Crippen LogP contribution in [0.25, 0.3) is 0 Å². The Morgan fingerprint density at radius 1 is 1.37 bits per heavy atom. The summed E-state index contributed by atoms with van der Waals surface area (Å²) < 4.78 is 11.4. The average Bonchev–Trinajstić information content (AvgIpc) is 2.40. The molecule has 0 aromatic heterocycles. The first-order valence-electron chi connectivity index (χ1n) is 6.86. The second-order valence-electron chi connectivity index (χ2n) is 5.12. The summed E-state index contributed by atoms with van der Waals surface area (Å²) in [5.41, 5.74) is 1.16. The lowest BCUT2D eigenvalue weighted by atomic mass is 10.2. The number of hydrogen-bond donors (Lipinski definition) is 1. The fourth-order valence-corrected chi connectivity index (χ4v) is 2.43. The minimum absolute atomic E-state index is 0.0674. The van der Waals surface area contributed by atoms with Crippen LogP contribution in [0.4, 0.5) is 0 Å². The van der Waals surface area contributed by atoms with Gasteiger partial charge >= 0.3 is 0 Å². The lowest BCUT2D eigenvalue weighted by Gasteiger charge is -2.35. The molecule has 4 nitrogen and oxygen atoms in total. The van der Waals surface area contributed by atoms with Crippen LogP contribution in [0.5, 0.6) is 5.75 Å². The molecule has 1 aromatic carbocycles. The van der Waals surface area contributed by atoms with Crippen LogP contribution < -0.4 is 4.74 Å². The third kappa shape index (κ3) is 4.20. The molecule has 106 valence electrons. The van der Waals surface area contributed by atoms with Gasteiger partial charge in [-0.25, -0.2) is 0 Å². The molecule has 0 bridgehead atoms. The maximum absolute atomic E-state index is 9.18. The van der Waals surface area contributed by atoms with Crippen molar-refractivity contribution < 1.29 is 14.6 Å². The summed E-state index contributed by atoms with van der Waals surface area (Å²) in [4.78, 5) is 2.29. The van der Waals surface area contributed by atoms with E-state index in [0.29, 0.717) is 6.61 Å². The van der Waals surface area contributed by atoms with Gasteiger partial charge in [-0.15, -0.1) is 0 Å². The van der Waals surface area contributed by atoms with Crippen molar-refractivity contribution in [3.05, 3.63) is 29.8 Å². The van der Waals surface area contributed by atoms with Crippen LogP contribution in [0.15, 0.2) is 24.3 Å². The highest BCUT2D eigenvalue weighted by Gasteiger charge is 2.24. The highest BCUT2D eigenvalue weighted by Crippen LogP contribution is 2.16. The monoisotopic (exact) mass is 265 g/mol. The van der Waals surface area contributed by atoms with Crippen LogP contribution in [-0.2, 0) is 4.74 Å². The third-order valence-corrected chi connectivity index (χ3v) is 3.36. The van der Waals surface area contributed by atoms with Crippen LogP contribution in [0.1, 0.15) is 12.5 Å². The number of benzene rings is 1. The first kappa shape index (κ1) is 14.3. The summed E-state index contributed by atoms with van der Waals surface area (Å²) in [6.07, 6.45) is 0.103. The van der Waals surface area contributed by atoms with Gasteiger partial charge in [0.1, 0.15) is 12.4 Å². The summed E-state index contributed by atoms with van der Waals surface area (Å²) in [5.74, 6) is 0.947. The summed E-state index contributed by atoms with van der Waals surface area (Å²) in [7, 11) is 0. The Morgan fingerprint density at radius 2 is 2.16 bits per heavy atom. The predicted octanol–water partition coefficient (Wildman–Crippen LogP) is 1.46. The number of ether oxygens (including phenoxy) is 2. The molecule has 0 spiro atoms. The quantitative estimate of drug-likeness (QED) is 0.875. The number of aliphatic hydroxyl groups excluding tert-OH is 1. The van der Waals surface area contributed by atoms with Crippen LogP contribution >= 0.6 is 0 Å². The molecule has 4 heteroatoms. The van der Waals surface area contributed by atoms with Crippen molar-refractivity contribution in [2.45, 2.75) is 26.1 Å². The highest BCUT2D eigenvalue weighted by atomic mass is 16.5. The Morgan fingerprint density at radius 3 is 2.89 bits per heavy atom. The van der Waals surface area contributed by atoms with Crippen molar-refractivity contribution in [1.82, 2.24) is 4.90 Å². The lowest BCUT2D eigenvalue weighted by Crippen LogP contribution is -2.49. The molecule has 19 heavy (non-hydrogen) atoms. The van der Waals surface area contributed by atoms with Gasteiger partial charge in [0.15, 0.2) is 0 Å². The van der Waals surface area contributed by atoms with Gasteiger partial charge in [-0.3, -0.25) is 4.90 Å². The molecule has 0 saturated carbocycles. The minimum atomic E-state index is -0.0674. The Labute approximate surface area is 114 Å². The molecular formula is C15H23NO3. The summed E-state index contributed by atoms with van der Waals surface area (Å²) >= 11 is 0. The molecule has 1 aliphatic heterocycles. The Bertz CT molecular complexity index is 397. The zero-order chi connectivity index (χ0) is 13.7. The second kappa shape index (κ2) is 6.89. The zero-order valence-electron chi connectivity index (χ0n) is 11.7. The van der Waals surface area contributed by atoms with Crippen LogP contribution in [0, 0.1) is 6.92 Å². The van der Waals surface area contributed by atoms with Crippen molar-refractivity contribution in [2.75, 3.05) is 32.8 Å². The topological polar surface area (TPSA) is 41.9 Å². The number of aryl methyl sites for hydroxylation is 1. The molecule has 1 N–H and O–H groups in total. The zero-order valence-corrected chi connectivity index (χ0v) is 11.7. The SMILES string of the molecule is Cc1ccccc1OCCN1CC(C)OC(CO)C1. The Hall–Kier alpha value is -1.10. The van der Waals surface area contributed by atoms with Crippen molar-refractivity contribution in [3.8, 4) is 5.75 Å². The molecule has 0 amide bonds. The first-order valence-corrected chi connectivity index (χ1v) is 6.86. The number of nitrogens with zero attached hydrogens (tertiary/aromatic N) is 1. The van der Waals surface area contributed by atoms with Crippen LogP contribution in [0.2, 0.25) is 0 Å². The van der Waals surface area contributed by atoms with Gasteiger partial charge in [-0.2, -0.15) is 0 Å². The molecule has 1 fully saturated rings. The number of rotatable bonds is 5. The van der Waals surface area contributed by atoms with E-state index in [-0.39, 0.29) is 18.8 Å². The van der Waals surface area contributed by atoms with Gasteiger partial charge in [-0.05, 0) is 25.5 Å². The fraction of sp³-hybridized carbons (Fsp3) is 0.600. The third-order valence-electron chi connectivity index (χ3n) is 3.36. The summed E-state index contributed by atoms with van der Waals surface area (Å²) in [6.45, 7) is 7.37. The van der Waals surface area contributed by atoms with E-state index in [1.165, 1.54) is 0 Å². The maximum Gasteiger partial charge on any atom is 0.122 e. The van der Waals surface area contributed by atoms with E-state index in [1.54, 1.807) is 0 Å². The number of hydrogen-bond acceptors (Lipinski definition) is 4. The Kier molecular flexibility index (Phi) is 5.19. The number of para-hydroxylation sites is 1. The maximum atomic E-state index is 9.18. The molecule has 0 aliphatic carbocycles. The van der Waals surface area contributed by atoms with Crippen molar-refractivity contribution in [3.63, 3.8) is 0 Å². The van der Waals surface area contributed by atoms with E-state index in [2.05, 4.69) is 4.90 Å². The number of aliphatic hydroxyl groups is 1. The van der Waals surface area contributed by atoms with Crippen molar-refractivity contribution in [2.24, 2.45) is 0 Å². The molecule has 1 heterocycles. The van der Waals surface area contributed by atoms with Gasteiger partial charge < -0.3 is 14.6 Å². The van der Waals surface area contributed by atoms with Gasteiger partial charge in [0.05, 0.1) is 18.8 Å². The molecular weight excluding hydrogens is 242 g/mol. The second-order valence-corrected chi connectivity index (χ2v) is 5.12. The average molecular weight is 265 g/mol. The molecule has 1 aromatic rings. The van der Waals surface area contributed by atoms with Crippen molar-refractivity contribution in [1.29, 1.82) is 0 Å². The molecule has 2 rings (SSSR count). The normalized spacial score (nSPS) is 24.4. The summed E-state index contributed by atoms with van der Waals surface area (Å²) in [5, 5.41) is 9.18. The fourth-order valence-electron chi connectivity index (χ4n) is 2.43. The van der Waals surface area contributed by atoms with Gasteiger partial charge in [0.25, 0.3) is 0 Å². The smallest absolute Gasteiger partial charge is 0.122 e. The standard InChI is InChI=1S/C15H23NO3/c1-12-5-3-4-6-15(12)18-8-7-16-9-13(2)19-14(10-16)11-17/h3-6,13-14,17H,7-11H2,1-2H3. The van der Waals surface area contributed by atoms with E-state index < -0.39 is 0 Å². The van der Waals surface area contributed by atoms with Gasteiger partial charge in [-0.1, -0.05) is 18.2 Å². The van der Waals surface area contributed by atoms with E-state index >= 15 is 0 Å². The van der Waals surface area contributed by atoms with Crippen LogP contribution in [0.3, 0.4) is 0 Å². The minimum Gasteiger partial charge on any atom is -0.492 e. The van der Waals surface area contributed by atoms with E-state index in [4.69, 9.17) is 9.47 Å². The van der Waals surface area contributed by atoms with E-state index in [9.17, 15) is 5.11 Å². The Balaban J connectivity index is 1.78. The first-order chi connectivity index (χ1) is 9.19. The molecule has 2 atom stereocenters. The number of morpholine rings is 1. The lowest BCUT2D eigenvalue weighted by molar-refractivity contribution is -0.0965. The molecule has 1 aliphatic rings. The predicted molar refractivity (Wildman–Crippen MR) is 74.5 cm³/mol. The van der Waals surface area contributed by atoms with Crippen LogP contribution in [-0.4, -0.2) is 55.1 Å². The summed E-state index contributed by atoms with van der Waals surface area (Å²) in [6, 6.07) is 8.04.